The molecule has 2 heterocycles. The van der Waals surface area contributed by atoms with Gasteiger partial charge in [-0.3, -0.25) is 0 Å². The molecule has 1 aromatic heterocycles. The van der Waals surface area contributed by atoms with Crippen molar-refractivity contribution in [3.8, 4) is 5.75 Å². The highest BCUT2D eigenvalue weighted by Gasteiger charge is 2.24. The van der Waals surface area contributed by atoms with Crippen LogP contribution in [0.15, 0.2) is 89.7 Å². The lowest BCUT2D eigenvalue weighted by Gasteiger charge is -2.28. The second kappa shape index (κ2) is 9.07. The molecule has 0 atom stereocenters. The summed E-state index contributed by atoms with van der Waals surface area (Å²) in [5.41, 5.74) is 8.24. The Bertz CT molecular complexity index is 1470. The molecule has 1 aliphatic carbocycles. The summed E-state index contributed by atoms with van der Waals surface area (Å²) in [5, 5.41) is 2.36. The molecule has 3 aromatic carbocycles. The van der Waals surface area contributed by atoms with Crippen molar-refractivity contribution in [2.24, 2.45) is 0 Å². The Morgan fingerprint density at radius 2 is 1.57 bits per heavy atom. The highest BCUT2D eigenvalue weighted by atomic mass is 16.5. The van der Waals surface area contributed by atoms with Crippen LogP contribution in [0, 0.1) is 0 Å². The minimum Gasteiger partial charge on any atom is -0.456 e. The molecule has 0 fully saturated rings. The van der Waals surface area contributed by atoms with E-state index in [9.17, 15) is 0 Å². The van der Waals surface area contributed by atoms with Gasteiger partial charge >= 0.3 is 0 Å². The first kappa shape index (κ1) is 21.7. The predicted molar refractivity (Wildman–Crippen MR) is 148 cm³/mol. The highest BCUT2D eigenvalue weighted by molar-refractivity contribution is 6.02. The fourth-order valence-electron chi connectivity index (χ4n) is 5.38. The standard InChI is InChI=1S/C32H30N2O/c1-3-34(4-2)25-18-16-23-20-24-11-9-10-22(32(24)35-31(23)21-25)17-19-26-27-12-5-7-14-29(27)33-30-15-8-6-13-28(26)30/h5-8,12-21H,3-4,9-11H2,1-2H3/b19-17+. The van der Waals surface area contributed by atoms with Gasteiger partial charge in [-0.15, -0.1) is 0 Å². The number of rotatable bonds is 5. The number of allylic oxidation sites excluding steroid dienone is 3. The van der Waals surface area contributed by atoms with Gasteiger partial charge in [0.15, 0.2) is 0 Å². The highest BCUT2D eigenvalue weighted by Crippen LogP contribution is 2.41. The van der Waals surface area contributed by atoms with E-state index in [0.29, 0.717) is 0 Å². The average Bonchev–Trinajstić information content (AvgIpc) is 2.90. The van der Waals surface area contributed by atoms with Crippen LogP contribution in [0.25, 0.3) is 34.0 Å². The smallest absolute Gasteiger partial charge is 0.136 e. The van der Waals surface area contributed by atoms with Crippen molar-refractivity contribution in [3.63, 3.8) is 0 Å². The molecule has 0 amide bonds. The van der Waals surface area contributed by atoms with E-state index in [0.717, 1.165) is 54.9 Å². The number of fused-ring (bicyclic) bond motifs is 4. The molecule has 6 rings (SSSR count). The van der Waals surface area contributed by atoms with Crippen molar-refractivity contribution in [1.29, 1.82) is 0 Å². The fourth-order valence-corrected chi connectivity index (χ4v) is 5.38. The van der Waals surface area contributed by atoms with Crippen molar-refractivity contribution in [2.45, 2.75) is 33.1 Å². The third kappa shape index (κ3) is 3.91. The quantitative estimate of drug-likeness (QED) is 0.282. The predicted octanol–water partition coefficient (Wildman–Crippen LogP) is 8.16. The van der Waals surface area contributed by atoms with Gasteiger partial charge in [0.05, 0.1) is 11.0 Å². The first-order valence-electron chi connectivity index (χ1n) is 12.7. The van der Waals surface area contributed by atoms with E-state index in [1.165, 1.54) is 38.7 Å². The Balaban J connectivity index is 1.44. The number of para-hydroxylation sites is 2. The van der Waals surface area contributed by atoms with Crippen LogP contribution < -0.4 is 9.64 Å². The van der Waals surface area contributed by atoms with Crippen molar-refractivity contribution in [2.75, 3.05) is 18.0 Å². The number of ether oxygens (including phenoxy) is 1. The summed E-state index contributed by atoms with van der Waals surface area (Å²) >= 11 is 0. The first-order chi connectivity index (χ1) is 17.2. The molecule has 35 heavy (non-hydrogen) atoms. The molecule has 3 heteroatoms. The van der Waals surface area contributed by atoms with E-state index in [2.05, 4.69) is 104 Å². The second-order valence-electron chi connectivity index (χ2n) is 9.27. The number of hydrogen-bond donors (Lipinski definition) is 0. The van der Waals surface area contributed by atoms with Gasteiger partial charge < -0.3 is 9.64 Å². The molecule has 174 valence electrons. The van der Waals surface area contributed by atoms with Gasteiger partial charge in [-0.05, 0) is 80.2 Å². The van der Waals surface area contributed by atoms with E-state index < -0.39 is 0 Å². The Kier molecular flexibility index (Phi) is 5.61. The summed E-state index contributed by atoms with van der Waals surface area (Å²) in [6.45, 7) is 6.36. The summed E-state index contributed by atoms with van der Waals surface area (Å²) in [5.74, 6) is 2.00. The third-order valence-corrected chi connectivity index (χ3v) is 7.22. The molecule has 0 bridgehead atoms. The fraction of sp³-hybridized carbons (Fsp3) is 0.219. The topological polar surface area (TPSA) is 25.4 Å². The van der Waals surface area contributed by atoms with Crippen molar-refractivity contribution >= 4 is 39.6 Å². The van der Waals surface area contributed by atoms with E-state index in [4.69, 9.17) is 9.72 Å². The lowest BCUT2D eigenvalue weighted by atomic mass is 9.89. The van der Waals surface area contributed by atoms with Gasteiger partial charge in [0.1, 0.15) is 11.5 Å². The number of anilines is 1. The monoisotopic (exact) mass is 458 g/mol. The molecule has 0 N–H and O–H groups in total. The number of benzene rings is 3. The Morgan fingerprint density at radius 3 is 2.29 bits per heavy atom. The van der Waals surface area contributed by atoms with Gasteiger partial charge in [0.25, 0.3) is 0 Å². The number of pyridine rings is 1. The van der Waals surface area contributed by atoms with Crippen LogP contribution in [0.1, 0.15) is 44.2 Å². The molecule has 1 aliphatic heterocycles. The summed E-state index contributed by atoms with van der Waals surface area (Å²) in [6, 6.07) is 23.4. The average molecular weight is 459 g/mol. The van der Waals surface area contributed by atoms with Crippen molar-refractivity contribution in [1.82, 2.24) is 4.98 Å². The summed E-state index contributed by atoms with van der Waals surface area (Å²) in [6.07, 6.45) is 10.1. The zero-order chi connectivity index (χ0) is 23.8. The summed E-state index contributed by atoms with van der Waals surface area (Å²) in [7, 11) is 0. The van der Waals surface area contributed by atoms with Crippen LogP contribution in [0.4, 0.5) is 5.69 Å². The Hall–Kier alpha value is -3.85. The molecule has 0 radical (unpaired) electrons. The summed E-state index contributed by atoms with van der Waals surface area (Å²) < 4.78 is 6.61. The Labute approximate surface area is 207 Å². The van der Waals surface area contributed by atoms with Crippen molar-refractivity contribution in [3.05, 3.63) is 101 Å². The molecule has 0 unspecified atom stereocenters. The molecule has 0 saturated heterocycles. The molecule has 0 spiro atoms. The maximum atomic E-state index is 6.61. The van der Waals surface area contributed by atoms with Crippen LogP contribution >= 0.6 is 0 Å². The van der Waals surface area contributed by atoms with Crippen LogP contribution in [0.5, 0.6) is 5.75 Å². The van der Waals surface area contributed by atoms with Gasteiger partial charge in [-0.25, -0.2) is 4.98 Å². The first-order valence-corrected chi connectivity index (χ1v) is 12.7. The molecule has 2 aliphatic rings. The third-order valence-electron chi connectivity index (χ3n) is 7.22. The maximum absolute atomic E-state index is 6.61. The SMILES string of the molecule is CCN(CC)c1ccc2c(c1)OC1=C(/C=C/c3c4ccccc4nc4ccccc34)CCCC1=C2. The molecular formula is C32H30N2O. The van der Waals surface area contributed by atoms with Crippen LogP contribution in [0.2, 0.25) is 0 Å². The van der Waals surface area contributed by atoms with E-state index in [1.54, 1.807) is 0 Å². The van der Waals surface area contributed by atoms with Gasteiger partial charge in [0, 0.05) is 41.2 Å². The van der Waals surface area contributed by atoms with Gasteiger partial charge in [-0.2, -0.15) is 0 Å². The number of nitrogens with zero attached hydrogens (tertiary/aromatic N) is 2. The van der Waals surface area contributed by atoms with E-state index in [-0.39, 0.29) is 0 Å². The molecule has 4 aromatic rings. The number of aromatic nitrogens is 1. The lowest BCUT2D eigenvalue weighted by Crippen LogP contribution is -2.22. The zero-order valence-corrected chi connectivity index (χ0v) is 20.4. The van der Waals surface area contributed by atoms with Crippen LogP contribution in [0.3, 0.4) is 0 Å². The van der Waals surface area contributed by atoms with E-state index in [1.807, 2.05) is 0 Å². The molecule has 0 saturated carbocycles. The largest absolute Gasteiger partial charge is 0.456 e. The van der Waals surface area contributed by atoms with Crippen LogP contribution in [-0.4, -0.2) is 18.1 Å². The minimum atomic E-state index is 0.959. The van der Waals surface area contributed by atoms with Gasteiger partial charge in [-0.1, -0.05) is 48.6 Å². The zero-order valence-electron chi connectivity index (χ0n) is 20.4. The maximum Gasteiger partial charge on any atom is 0.136 e. The van der Waals surface area contributed by atoms with Crippen LogP contribution in [-0.2, 0) is 0 Å². The Morgan fingerprint density at radius 1 is 0.857 bits per heavy atom. The van der Waals surface area contributed by atoms with Crippen molar-refractivity contribution < 1.29 is 4.74 Å². The molecular weight excluding hydrogens is 428 g/mol. The second-order valence-corrected chi connectivity index (χ2v) is 9.27. The van der Waals surface area contributed by atoms with E-state index >= 15 is 0 Å². The lowest BCUT2D eigenvalue weighted by molar-refractivity contribution is 0.410. The number of hydrogen-bond acceptors (Lipinski definition) is 3. The normalized spacial score (nSPS) is 15.2. The molecule has 3 nitrogen and oxygen atoms in total. The summed E-state index contributed by atoms with van der Waals surface area (Å²) in [4.78, 5) is 7.24. The minimum absolute atomic E-state index is 0.959. The van der Waals surface area contributed by atoms with Gasteiger partial charge in [0.2, 0.25) is 0 Å².